The SMILES string of the molecule is Cc1oc(CN(C)C(C)(C)CO)cc1C(=O)NN. The molecule has 0 unspecified atom stereocenters. The number of furan rings is 1. The molecule has 0 saturated carbocycles. The van der Waals surface area contributed by atoms with Crippen molar-refractivity contribution < 1.29 is 14.3 Å². The Balaban J connectivity index is 2.84. The number of carbonyl (C=O) groups excluding carboxylic acids is 1. The highest BCUT2D eigenvalue weighted by atomic mass is 16.3. The maximum absolute atomic E-state index is 11.4. The van der Waals surface area contributed by atoms with E-state index in [4.69, 9.17) is 10.3 Å². The summed E-state index contributed by atoms with van der Waals surface area (Å²) in [6.45, 7) is 6.11. The largest absolute Gasteiger partial charge is 0.464 e. The Labute approximate surface area is 107 Å². The molecule has 1 heterocycles. The molecule has 102 valence electrons. The molecule has 0 aliphatic carbocycles. The number of hydrazine groups is 1. The molecule has 0 radical (unpaired) electrons. The maximum atomic E-state index is 11.4. The molecule has 0 spiro atoms. The molecule has 1 aromatic rings. The van der Waals surface area contributed by atoms with Crippen molar-refractivity contribution in [2.24, 2.45) is 5.84 Å². The Bertz CT molecular complexity index is 426. The van der Waals surface area contributed by atoms with Gasteiger partial charge < -0.3 is 9.52 Å². The average molecular weight is 255 g/mol. The smallest absolute Gasteiger partial charge is 0.268 e. The van der Waals surface area contributed by atoms with E-state index in [1.54, 1.807) is 13.0 Å². The van der Waals surface area contributed by atoms with Crippen LogP contribution in [-0.2, 0) is 6.54 Å². The highest BCUT2D eigenvalue weighted by Crippen LogP contribution is 2.19. The molecule has 18 heavy (non-hydrogen) atoms. The molecule has 6 heteroatoms. The van der Waals surface area contributed by atoms with Gasteiger partial charge in [-0.15, -0.1) is 0 Å². The third-order valence-electron chi connectivity index (χ3n) is 3.16. The number of rotatable bonds is 5. The second kappa shape index (κ2) is 5.51. The summed E-state index contributed by atoms with van der Waals surface area (Å²) in [5.74, 6) is 5.91. The van der Waals surface area contributed by atoms with Crippen molar-refractivity contribution in [3.05, 3.63) is 23.2 Å². The van der Waals surface area contributed by atoms with Gasteiger partial charge in [0.2, 0.25) is 0 Å². The fourth-order valence-corrected chi connectivity index (χ4v) is 1.49. The van der Waals surface area contributed by atoms with Gasteiger partial charge in [0.1, 0.15) is 11.5 Å². The molecule has 6 nitrogen and oxygen atoms in total. The maximum Gasteiger partial charge on any atom is 0.268 e. The van der Waals surface area contributed by atoms with E-state index in [2.05, 4.69) is 5.43 Å². The van der Waals surface area contributed by atoms with Gasteiger partial charge in [0.15, 0.2) is 0 Å². The van der Waals surface area contributed by atoms with Crippen LogP contribution in [0.1, 0.15) is 35.7 Å². The number of aliphatic hydroxyl groups excluding tert-OH is 1. The van der Waals surface area contributed by atoms with E-state index in [1.807, 2.05) is 25.8 Å². The Morgan fingerprint density at radius 1 is 1.61 bits per heavy atom. The topological polar surface area (TPSA) is 91.7 Å². The first-order valence-electron chi connectivity index (χ1n) is 5.74. The minimum atomic E-state index is -0.369. The van der Waals surface area contributed by atoms with Crippen LogP contribution in [0.15, 0.2) is 10.5 Å². The van der Waals surface area contributed by atoms with Gasteiger partial charge in [0.05, 0.1) is 18.7 Å². The number of nitrogens with one attached hydrogen (secondary N) is 1. The lowest BCUT2D eigenvalue weighted by molar-refractivity contribution is 0.0680. The molecule has 4 N–H and O–H groups in total. The zero-order valence-electron chi connectivity index (χ0n) is 11.3. The van der Waals surface area contributed by atoms with Gasteiger partial charge in [-0.05, 0) is 33.9 Å². The summed E-state index contributed by atoms with van der Waals surface area (Å²) in [6.07, 6.45) is 0. The van der Waals surface area contributed by atoms with Crippen LogP contribution in [0.3, 0.4) is 0 Å². The van der Waals surface area contributed by atoms with Gasteiger partial charge in [0.25, 0.3) is 5.91 Å². The average Bonchev–Trinajstić information content (AvgIpc) is 2.69. The summed E-state index contributed by atoms with van der Waals surface area (Å²) >= 11 is 0. The Hall–Kier alpha value is -1.37. The van der Waals surface area contributed by atoms with Gasteiger partial charge in [-0.3, -0.25) is 15.1 Å². The number of aryl methyl sites for hydroxylation is 1. The molecule has 0 aliphatic heterocycles. The van der Waals surface area contributed by atoms with Crippen molar-refractivity contribution in [3.8, 4) is 0 Å². The fourth-order valence-electron chi connectivity index (χ4n) is 1.49. The lowest BCUT2D eigenvalue weighted by Crippen LogP contribution is -2.43. The van der Waals surface area contributed by atoms with Crippen molar-refractivity contribution in [2.45, 2.75) is 32.9 Å². The van der Waals surface area contributed by atoms with E-state index < -0.39 is 0 Å². The lowest BCUT2D eigenvalue weighted by Gasteiger charge is -2.33. The number of hydrogen-bond acceptors (Lipinski definition) is 5. The normalized spacial score (nSPS) is 11.9. The van der Waals surface area contributed by atoms with Crippen molar-refractivity contribution in [1.29, 1.82) is 0 Å². The molecular weight excluding hydrogens is 234 g/mol. The third kappa shape index (κ3) is 3.10. The molecule has 0 fully saturated rings. The zero-order chi connectivity index (χ0) is 13.9. The molecule has 0 aromatic carbocycles. The molecule has 0 bridgehead atoms. The first kappa shape index (κ1) is 14.7. The zero-order valence-corrected chi connectivity index (χ0v) is 11.3. The van der Waals surface area contributed by atoms with Crippen LogP contribution in [0, 0.1) is 6.92 Å². The van der Waals surface area contributed by atoms with Crippen LogP contribution in [-0.4, -0.2) is 35.1 Å². The molecule has 1 amide bonds. The van der Waals surface area contributed by atoms with Crippen molar-refractivity contribution in [2.75, 3.05) is 13.7 Å². The number of carbonyl (C=O) groups is 1. The number of likely N-dealkylation sites (N-methyl/N-ethyl adjacent to an activating group) is 1. The van der Waals surface area contributed by atoms with E-state index in [-0.39, 0.29) is 18.1 Å². The molecule has 1 rings (SSSR count). The number of aliphatic hydroxyl groups is 1. The second-order valence-electron chi connectivity index (χ2n) is 4.98. The predicted molar refractivity (Wildman–Crippen MR) is 67.7 cm³/mol. The van der Waals surface area contributed by atoms with Gasteiger partial charge in [-0.1, -0.05) is 0 Å². The summed E-state index contributed by atoms with van der Waals surface area (Å²) in [5, 5.41) is 9.28. The van der Waals surface area contributed by atoms with Crippen molar-refractivity contribution in [3.63, 3.8) is 0 Å². The summed E-state index contributed by atoms with van der Waals surface area (Å²) in [6, 6.07) is 1.67. The van der Waals surface area contributed by atoms with E-state index >= 15 is 0 Å². The summed E-state index contributed by atoms with van der Waals surface area (Å²) < 4.78 is 5.51. The predicted octanol–water partition coefficient (Wildman–Crippen LogP) is 0.394. The van der Waals surface area contributed by atoms with Crippen LogP contribution in [0.5, 0.6) is 0 Å². The second-order valence-corrected chi connectivity index (χ2v) is 4.98. The lowest BCUT2D eigenvalue weighted by atomic mass is 10.1. The Morgan fingerprint density at radius 2 is 2.22 bits per heavy atom. The summed E-state index contributed by atoms with van der Waals surface area (Å²) in [4.78, 5) is 13.4. The molecular formula is C12H21N3O3. The molecule has 0 saturated heterocycles. The first-order chi connectivity index (χ1) is 8.31. The highest BCUT2D eigenvalue weighted by Gasteiger charge is 2.24. The Morgan fingerprint density at radius 3 is 2.72 bits per heavy atom. The Kier molecular flexibility index (Phi) is 4.50. The first-order valence-corrected chi connectivity index (χ1v) is 5.74. The summed E-state index contributed by atoms with van der Waals surface area (Å²) in [7, 11) is 1.89. The molecule has 0 aliphatic rings. The van der Waals surface area contributed by atoms with Crippen LogP contribution in [0.2, 0.25) is 0 Å². The minimum absolute atomic E-state index is 0.0410. The number of nitrogens with two attached hydrogens (primary N) is 1. The van der Waals surface area contributed by atoms with E-state index in [9.17, 15) is 9.90 Å². The van der Waals surface area contributed by atoms with Crippen LogP contribution >= 0.6 is 0 Å². The minimum Gasteiger partial charge on any atom is -0.464 e. The van der Waals surface area contributed by atoms with E-state index in [0.717, 1.165) is 0 Å². The van der Waals surface area contributed by atoms with Crippen LogP contribution < -0.4 is 11.3 Å². The third-order valence-corrected chi connectivity index (χ3v) is 3.16. The number of amides is 1. The van der Waals surface area contributed by atoms with Crippen molar-refractivity contribution >= 4 is 5.91 Å². The van der Waals surface area contributed by atoms with Crippen LogP contribution in [0.4, 0.5) is 0 Å². The quantitative estimate of drug-likeness (QED) is 0.402. The standard InChI is InChI=1S/C12H21N3O3/c1-8-10(11(17)14-13)5-9(18-8)6-15(4)12(2,3)7-16/h5,16H,6-7,13H2,1-4H3,(H,14,17). The van der Waals surface area contributed by atoms with Crippen LogP contribution in [0.25, 0.3) is 0 Å². The highest BCUT2D eigenvalue weighted by molar-refractivity contribution is 5.94. The van der Waals surface area contributed by atoms with E-state index in [0.29, 0.717) is 23.6 Å². The monoisotopic (exact) mass is 255 g/mol. The van der Waals surface area contributed by atoms with Gasteiger partial charge >= 0.3 is 0 Å². The van der Waals surface area contributed by atoms with Gasteiger partial charge in [-0.25, -0.2) is 5.84 Å². The number of nitrogen functional groups attached to an aromatic ring is 1. The van der Waals surface area contributed by atoms with Gasteiger partial charge in [0, 0.05) is 5.54 Å². The fraction of sp³-hybridized carbons (Fsp3) is 0.583. The number of nitrogens with zero attached hydrogens (tertiary/aromatic N) is 1. The molecule has 0 atom stereocenters. The molecule has 1 aromatic heterocycles. The van der Waals surface area contributed by atoms with Gasteiger partial charge in [-0.2, -0.15) is 0 Å². The van der Waals surface area contributed by atoms with Crippen molar-refractivity contribution in [1.82, 2.24) is 10.3 Å². The summed E-state index contributed by atoms with van der Waals surface area (Å²) in [5.41, 5.74) is 2.16. The number of hydrogen-bond donors (Lipinski definition) is 3. The van der Waals surface area contributed by atoms with E-state index in [1.165, 1.54) is 0 Å².